The van der Waals surface area contributed by atoms with Gasteiger partial charge in [-0.25, -0.2) is 4.98 Å². The normalized spacial score (nSPS) is 22.3. The minimum atomic E-state index is -0.869. The van der Waals surface area contributed by atoms with E-state index in [9.17, 15) is 14.3 Å². The van der Waals surface area contributed by atoms with E-state index in [1.807, 2.05) is 19.9 Å². The number of allylic oxidation sites excluding steroid dienone is 1. The van der Waals surface area contributed by atoms with Crippen LogP contribution in [0.5, 0.6) is 0 Å². The summed E-state index contributed by atoms with van der Waals surface area (Å²) in [5.74, 6) is 0.515. The van der Waals surface area contributed by atoms with Gasteiger partial charge < -0.3 is 0 Å². The van der Waals surface area contributed by atoms with Gasteiger partial charge in [-0.2, -0.15) is 0 Å². The molecular weight excluding hydrogens is 252 g/mol. The monoisotopic (exact) mass is 266 g/mol. The van der Waals surface area contributed by atoms with Gasteiger partial charge in [0.15, 0.2) is 0 Å². The van der Waals surface area contributed by atoms with Gasteiger partial charge in [0.1, 0.15) is 6.20 Å². The van der Waals surface area contributed by atoms with Gasteiger partial charge in [-0.05, 0) is 31.9 Å². The Bertz CT molecular complexity index is 535. The molecule has 1 aromatic heterocycles. The first-order valence-corrected chi connectivity index (χ1v) is 6.90. The van der Waals surface area contributed by atoms with Gasteiger partial charge in [0.2, 0.25) is 0 Å². The summed E-state index contributed by atoms with van der Waals surface area (Å²) in [6.45, 7) is 3.92. The first-order valence-electron chi connectivity index (χ1n) is 5.58. The Morgan fingerprint density at radius 1 is 1.44 bits per heavy atom. The van der Waals surface area contributed by atoms with Crippen LogP contribution in [0.2, 0.25) is 0 Å². The number of aromatic nitrogens is 1. The summed E-state index contributed by atoms with van der Waals surface area (Å²) < 4.78 is 11.5. The number of nitrogens with zero attached hydrogens (tertiary/aromatic N) is 2. The van der Waals surface area contributed by atoms with Crippen molar-refractivity contribution in [1.29, 1.82) is 0 Å². The summed E-state index contributed by atoms with van der Waals surface area (Å²) in [4.78, 5) is 14.2. The minimum absolute atomic E-state index is 0.0157. The highest BCUT2D eigenvalue weighted by Gasteiger charge is 2.30. The predicted molar refractivity (Wildman–Crippen MR) is 70.6 cm³/mol. The van der Waals surface area contributed by atoms with Crippen molar-refractivity contribution in [3.63, 3.8) is 0 Å². The number of nitro groups is 1. The Kier molecular flexibility index (Phi) is 3.30. The first kappa shape index (κ1) is 12.9. The summed E-state index contributed by atoms with van der Waals surface area (Å²) in [7, 11) is -0.869. The van der Waals surface area contributed by atoms with E-state index in [-0.39, 0.29) is 10.4 Å². The van der Waals surface area contributed by atoms with Crippen molar-refractivity contribution < 1.29 is 9.13 Å². The van der Waals surface area contributed by atoms with Crippen molar-refractivity contribution in [1.82, 2.24) is 4.98 Å². The van der Waals surface area contributed by atoms with Gasteiger partial charge in [0.25, 0.3) is 5.69 Å². The molecule has 1 unspecified atom stereocenters. The summed E-state index contributed by atoms with van der Waals surface area (Å²) in [6.07, 6.45) is 3.84. The maximum absolute atomic E-state index is 11.8. The van der Waals surface area contributed by atoms with Crippen molar-refractivity contribution in [2.24, 2.45) is 0 Å². The zero-order chi connectivity index (χ0) is 13.3. The van der Waals surface area contributed by atoms with E-state index in [0.29, 0.717) is 12.2 Å². The van der Waals surface area contributed by atoms with Crippen LogP contribution >= 0.6 is 0 Å². The van der Waals surface area contributed by atoms with Crippen molar-refractivity contribution in [3.05, 3.63) is 40.2 Å². The highest BCUT2D eigenvalue weighted by molar-refractivity contribution is 7.86. The average molecular weight is 266 g/mol. The first-order chi connectivity index (χ1) is 8.40. The van der Waals surface area contributed by atoms with Crippen LogP contribution in [0, 0.1) is 10.1 Å². The van der Waals surface area contributed by atoms with Crippen LogP contribution in [0.25, 0.3) is 5.57 Å². The maximum atomic E-state index is 11.8. The molecule has 0 N–H and O–H groups in total. The third kappa shape index (κ3) is 2.48. The number of pyridine rings is 1. The molecule has 96 valence electrons. The molecule has 0 radical (unpaired) electrons. The number of hydrogen-bond donors (Lipinski definition) is 0. The summed E-state index contributed by atoms with van der Waals surface area (Å²) in [5, 5.41) is 10.5. The lowest BCUT2D eigenvalue weighted by Gasteiger charge is -2.28. The molecule has 1 aliphatic heterocycles. The topological polar surface area (TPSA) is 73.1 Å². The highest BCUT2D eigenvalue weighted by atomic mass is 32.2. The smallest absolute Gasteiger partial charge is 0.259 e. The fourth-order valence-electron chi connectivity index (χ4n) is 1.89. The van der Waals surface area contributed by atoms with Crippen molar-refractivity contribution in [2.45, 2.75) is 25.0 Å². The van der Waals surface area contributed by atoms with Crippen LogP contribution < -0.4 is 0 Å². The molecule has 18 heavy (non-hydrogen) atoms. The molecule has 2 heterocycles. The Hall–Kier alpha value is -1.56. The van der Waals surface area contributed by atoms with E-state index in [0.717, 1.165) is 11.3 Å². The quantitative estimate of drug-likeness (QED) is 0.608. The van der Waals surface area contributed by atoms with Gasteiger partial charge in [0, 0.05) is 27.4 Å². The molecule has 0 bridgehead atoms. The van der Waals surface area contributed by atoms with Gasteiger partial charge in [-0.15, -0.1) is 0 Å². The summed E-state index contributed by atoms with van der Waals surface area (Å²) in [6, 6.07) is 3.09. The van der Waals surface area contributed by atoms with Crippen LogP contribution in [0.4, 0.5) is 5.69 Å². The van der Waals surface area contributed by atoms with Crippen molar-refractivity contribution >= 4 is 22.1 Å². The van der Waals surface area contributed by atoms with Crippen LogP contribution in [-0.4, -0.2) is 24.6 Å². The second-order valence-corrected chi connectivity index (χ2v) is 6.97. The van der Waals surface area contributed by atoms with E-state index in [1.165, 1.54) is 12.3 Å². The van der Waals surface area contributed by atoms with Crippen LogP contribution in [0.15, 0.2) is 24.4 Å². The van der Waals surface area contributed by atoms with Gasteiger partial charge in [-0.1, -0.05) is 6.08 Å². The molecule has 6 heteroatoms. The highest BCUT2D eigenvalue weighted by Crippen LogP contribution is 2.32. The summed E-state index contributed by atoms with van der Waals surface area (Å²) >= 11 is 0. The van der Waals surface area contributed by atoms with Crippen molar-refractivity contribution in [3.8, 4) is 0 Å². The molecule has 1 aromatic rings. The number of hydrogen-bond acceptors (Lipinski definition) is 4. The molecule has 5 nitrogen and oxygen atoms in total. The second kappa shape index (κ2) is 4.61. The Balaban J connectivity index is 2.28. The molecule has 0 amide bonds. The van der Waals surface area contributed by atoms with E-state index in [4.69, 9.17) is 0 Å². The fourth-order valence-corrected chi connectivity index (χ4v) is 3.01. The fraction of sp³-hybridized carbons (Fsp3) is 0.417. The lowest BCUT2D eigenvalue weighted by Crippen LogP contribution is -2.31. The lowest BCUT2D eigenvalue weighted by molar-refractivity contribution is -0.385. The molecule has 0 aromatic carbocycles. The SMILES string of the molecule is CC1(C)CC(c2ccc([N+](=O)[O-])cn2)=CCS1=O. The van der Waals surface area contributed by atoms with Crippen LogP contribution in [-0.2, 0) is 10.8 Å². The third-order valence-electron chi connectivity index (χ3n) is 3.00. The van der Waals surface area contributed by atoms with E-state index >= 15 is 0 Å². The zero-order valence-electron chi connectivity index (χ0n) is 10.3. The lowest BCUT2D eigenvalue weighted by atomic mass is 9.98. The van der Waals surface area contributed by atoms with E-state index in [2.05, 4.69) is 4.98 Å². The molecule has 1 atom stereocenters. The molecule has 0 aliphatic carbocycles. The summed E-state index contributed by atoms with van der Waals surface area (Å²) in [5.41, 5.74) is 1.72. The van der Waals surface area contributed by atoms with E-state index in [1.54, 1.807) is 6.07 Å². The molecule has 0 saturated carbocycles. The molecule has 0 spiro atoms. The molecule has 2 rings (SSSR count). The Morgan fingerprint density at radius 2 is 2.17 bits per heavy atom. The molecule has 1 aliphatic rings. The molecular formula is C12H14N2O3S. The van der Waals surface area contributed by atoms with Gasteiger partial charge >= 0.3 is 0 Å². The van der Waals surface area contributed by atoms with Crippen LogP contribution in [0.3, 0.4) is 0 Å². The maximum Gasteiger partial charge on any atom is 0.287 e. The molecule has 0 fully saturated rings. The minimum Gasteiger partial charge on any atom is -0.259 e. The van der Waals surface area contributed by atoms with Gasteiger partial charge in [-0.3, -0.25) is 14.3 Å². The van der Waals surface area contributed by atoms with Crippen LogP contribution in [0.1, 0.15) is 26.0 Å². The van der Waals surface area contributed by atoms with Crippen molar-refractivity contribution in [2.75, 3.05) is 5.75 Å². The second-order valence-electron chi connectivity index (χ2n) is 4.84. The Labute approximate surface area is 108 Å². The standard InChI is InChI=1S/C12H14N2O3S/c1-12(2)7-9(5-6-18(12)17)11-4-3-10(8-13-11)14(15)16/h3-5,8H,6-7H2,1-2H3. The average Bonchev–Trinajstić information content (AvgIpc) is 2.33. The Morgan fingerprint density at radius 3 is 2.67 bits per heavy atom. The van der Waals surface area contributed by atoms with Gasteiger partial charge in [0.05, 0.1) is 10.6 Å². The zero-order valence-corrected chi connectivity index (χ0v) is 11.1. The predicted octanol–water partition coefficient (Wildman–Crippen LogP) is 2.30. The number of rotatable bonds is 2. The molecule has 0 saturated heterocycles. The third-order valence-corrected chi connectivity index (χ3v) is 4.85. The largest absolute Gasteiger partial charge is 0.287 e. The van der Waals surface area contributed by atoms with E-state index < -0.39 is 15.7 Å².